The lowest BCUT2D eigenvalue weighted by molar-refractivity contribution is 0.281. The van der Waals surface area contributed by atoms with Gasteiger partial charge in [-0.3, -0.25) is 4.99 Å². The molecule has 2 heterocycles. The topological polar surface area (TPSA) is 77.0 Å². The van der Waals surface area contributed by atoms with E-state index in [2.05, 4.69) is 24.8 Å². The molecule has 1 unspecified atom stereocenters. The van der Waals surface area contributed by atoms with E-state index in [-0.39, 0.29) is 5.75 Å². The van der Waals surface area contributed by atoms with Crippen molar-refractivity contribution in [2.45, 2.75) is 38.5 Å². The maximum Gasteiger partial charge on any atom is 0.213 e. The quantitative estimate of drug-likeness (QED) is 0.475. The lowest BCUT2D eigenvalue weighted by Crippen LogP contribution is -2.43. The number of nitrogens with zero attached hydrogens (tertiary/aromatic N) is 3. The standard InChI is InChI=1S/C18H35N5O2S/c1-19-18(20-8-12-26(24,25)21-13-16-5-4-6-16)23-11-7-17(15-23)14-22-9-2-3-10-22/h16-17,21H,2-15H2,1H3,(H,19,20). The fourth-order valence-corrected chi connectivity index (χ4v) is 5.15. The smallest absolute Gasteiger partial charge is 0.213 e. The van der Waals surface area contributed by atoms with Crippen molar-refractivity contribution in [2.75, 3.05) is 58.6 Å². The summed E-state index contributed by atoms with van der Waals surface area (Å²) >= 11 is 0. The van der Waals surface area contributed by atoms with Gasteiger partial charge in [0.2, 0.25) is 10.0 Å². The minimum atomic E-state index is -3.20. The molecule has 2 aliphatic heterocycles. The number of hydrogen-bond acceptors (Lipinski definition) is 4. The van der Waals surface area contributed by atoms with Gasteiger partial charge in [-0.05, 0) is 57.0 Å². The lowest BCUT2D eigenvalue weighted by atomic mass is 9.86. The summed E-state index contributed by atoms with van der Waals surface area (Å²) in [7, 11) is -1.42. The Labute approximate surface area is 158 Å². The van der Waals surface area contributed by atoms with Gasteiger partial charge in [0.1, 0.15) is 0 Å². The zero-order chi connectivity index (χ0) is 18.4. The second-order valence-electron chi connectivity index (χ2n) is 8.05. The van der Waals surface area contributed by atoms with Crippen LogP contribution in [0.25, 0.3) is 0 Å². The summed E-state index contributed by atoms with van der Waals surface area (Å²) < 4.78 is 26.9. The van der Waals surface area contributed by atoms with Crippen LogP contribution in [-0.4, -0.2) is 82.8 Å². The Hall–Kier alpha value is -0.860. The summed E-state index contributed by atoms with van der Waals surface area (Å²) in [4.78, 5) is 9.20. The summed E-state index contributed by atoms with van der Waals surface area (Å²) in [6, 6.07) is 0. The third-order valence-electron chi connectivity index (χ3n) is 5.98. The second-order valence-corrected chi connectivity index (χ2v) is 9.97. The molecule has 3 fully saturated rings. The van der Waals surface area contributed by atoms with Crippen LogP contribution in [0.5, 0.6) is 0 Å². The Kier molecular flexibility index (Phi) is 7.17. The fourth-order valence-electron chi connectivity index (χ4n) is 4.15. The number of guanidine groups is 1. The van der Waals surface area contributed by atoms with Crippen LogP contribution >= 0.6 is 0 Å². The Morgan fingerprint density at radius 2 is 1.85 bits per heavy atom. The summed E-state index contributed by atoms with van der Waals surface area (Å²) in [6.07, 6.45) is 7.41. The van der Waals surface area contributed by atoms with Crippen molar-refractivity contribution in [1.82, 2.24) is 19.8 Å². The summed E-state index contributed by atoms with van der Waals surface area (Å²) in [5, 5.41) is 3.24. The zero-order valence-electron chi connectivity index (χ0n) is 16.1. The Morgan fingerprint density at radius 1 is 1.08 bits per heavy atom. The number of sulfonamides is 1. The Balaban J connectivity index is 1.36. The summed E-state index contributed by atoms with van der Waals surface area (Å²) in [5.74, 6) is 2.18. The van der Waals surface area contributed by atoms with Gasteiger partial charge in [0, 0.05) is 39.8 Å². The van der Waals surface area contributed by atoms with Crippen LogP contribution in [-0.2, 0) is 10.0 Å². The third kappa shape index (κ3) is 5.82. The first-order chi connectivity index (χ1) is 12.6. The van der Waals surface area contributed by atoms with Gasteiger partial charge in [-0.25, -0.2) is 13.1 Å². The molecule has 0 amide bonds. The van der Waals surface area contributed by atoms with Crippen molar-refractivity contribution < 1.29 is 8.42 Å². The number of nitrogens with one attached hydrogen (secondary N) is 2. The van der Waals surface area contributed by atoms with Gasteiger partial charge in [-0.1, -0.05) is 6.42 Å². The van der Waals surface area contributed by atoms with Crippen LogP contribution in [0.4, 0.5) is 0 Å². The van der Waals surface area contributed by atoms with Crippen LogP contribution in [0.1, 0.15) is 38.5 Å². The average molecular weight is 386 g/mol. The van der Waals surface area contributed by atoms with Gasteiger partial charge in [0.25, 0.3) is 0 Å². The molecular formula is C18H35N5O2S. The van der Waals surface area contributed by atoms with Crippen molar-refractivity contribution >= 4 is 16.0 Å². The van der Waals surface area contributed by atoms with Crippen LogP contribution in [0.3, 0.4) is 0 Å². The lowest BCUT2D eigenvalue weighted by Gasteiger charge is -2.25. The minimum absolute atomic E-state index is 0.101. The number of aliphatic imine (C=N–C) groups is 1. The normalized spacial score (nSPS) is 25.7. The number of likely N-dealkylation sites (tertiary alicyclic amines) is 2. The van der Waals surface area contributed by atoms with Gasteiger partial charge in [0.05, 0.1) is 5.75 Å². The highest BCUT2D eigenvalue weighted by Crippen LogP contribution is 2.25. The predicted octanol–water partition coefficient (Wildman–Crippen LogP) is 0.699. The Morgan fingerprint density at radius 3 is 2.50 bits per heavy atom. The molecule has 1 saturated carbocycles. The van der Waals surface area contributed by atoms with Crippen molar-refractivity contribution in [1.29, 1.82) is 0 Å². The van der Waals surface area contributed by atoms with Crippen LogP contribution in [0, 0.1) is 11.8 Å². The van der Waals surface area contributed by atoms with E-state index in [1.807, 2.05) is 0 Å². The number of rotatable bonds is 8. The van der Waals surface area contributed by atoms with Gasteiger partial charge in [-0.15, -0.1) is 0 Å². The summed E-state index contributed by atoms with van der Waals surface area (Å²) in [5.41, 5.74) is 0. The van der Waals surface area contributed by atoms with Crippen LogP contribution < -0.4 is 10.0 Å². The van der Waals surface area contributed by atoms with E-state index < -0.39 is 10.0 Å². The second kappa shape index (κ2) is 9.37. The third-order valence-corrected chi connectivity index (χ3v) is 7.33. The molecule has 1 aliphatic carbocycles. The molecule has 8 heteroatoms. The highest BCUT2D eigenvalue weighted by atomic mass is 32.2. The molecule has 3 aliphatic rings. The zero-order valence-corrected chi connectivity index (χ0v) is 16.9. The molecule has 7 nitrogen and oxygen atoms in total. The summed E-state index contributed by atoms with van der Waals surface area (Å²) in [6.45, 7) is 6.70. The monoisotopic (exact) mass is 385 g/mol. The molecule has 0 spiro atoms. The molecule has 0 bridgehead atoms. The molecule has 0 aromatic rings. The molecule has 0 aromatic heterocycles. The van der Waals surface area contributed by atoms with Crippen LogP contribution in [0.2, 0.25) is 0 Å². The van der Waals surface area contributed by atoms with Crippen molar-refractivity contribution in [2.24, 2.45) is 16.8 Å². The first kappa shape index (κ1) is 19.9. The Bertz CT molecular complexity index is 570. The van der Waals surface area contributed by atoms with E-state index in [4.69, 9.17) is 0 Å². The van der Waals surface area contributed by atoms with Crippen LogP contribution in [0.15, 0.2) is 4.99 Å². The molecular weight excluding hydrogens is 350 g/mol. The maximum absolute atomic E-state index is 12.1. The highest BCUT2D eigenvalue weighted by Gasteiger charge is 2.27. The molecule has 2 saturated heterocycles. The maximum atomic E-state index is 12.1. The molecule has 0 aromatic carbocycles. The van der Waals surface area contributed by atoms with Gasteiger partial charge in [-0.2, -0.15) is 0 Å². The van der Waals surface area contributed by atoms with E-state index in [0.717, 1.165) is 31.9 Å². The number of hydrogen-bond donors (Lipinski definition) is 2. The van der Waals surface area contributed by atoms with E-state index in [0.29, 0.717) is 24.9 Å². The van der Waals surface area contributed by atoms with Crippen molar-refractivity contribution in [3.8, 4) is 0 Å². The van der Waals surface area contributed by atoms with E-state index in [9.17, 15) is 8.42 Å². The largest absolute Gasteiger partial charge is 0.355 e. The van der Waals surface area contributed by atoms with Gasteiger partial charge < -0.3 is 15.1 Å². The minimum Gasteiger partial charge on any atom is -0.355 e. The first-order valence-electron chi connectivity index (χ1n) is 10.2. The molecule has 3 rings (SSSR count). The molecule has 26 heavy (non-hydrogen) atoms. The first-order valence-corrected chi connectivity index (χ1v) is 11.9. The SMILES string of the molecule is CN=C(NCCS(=O)(=O)NCC1CCC1)N1CCC(CN2CCCC2)C1. The van der Waals surface area contributed by atoms with E-state index in [1.54, 1.807) is 7.05 Å². The van der Waals surface area contributed by atoms with Crippen molar-refractivity contribution in [3.05, 3.63) is 0 Å². The molecule has 1 atom stereocenters. The van der Waals surface area contributed by atoms with Gasteiger partial charge >= 0.3 is 0 Å². The van der Waals surface area contributed by atoms with Crippen molar-refractivity contribution in [3.63, 3.8) is 0 Å². The molecule has 2 N–H and O–H groups in total. The van der Waals surface area contributed by atoms with E-state index in [1.165, 1.54) is 45.3 Å². The predicted molar refractivity (Wildman–Crippen MR) is 106 cm³/mol. The van der Waals surface area contributed by atoms with Gasteiger partial charge in [0.15, 0.2) is 5.96 Å². The fraction of sp³-hybridized carbons (Fsp3) is 0.944. The highest BCUT2D eigenvalue weighted by molar-refractivity contribution is 7.89. The van der Waals surface area contributed by atoms with E-state index >= 15 is 0 Å². The average Bonchev–Trinajstić information content (AvgIpc) is 3.22. The molecule has 150 valence electrons. The molecule has 0 radical (unpaired) electrons.